The van der Waals surface area contributed by atoms with Crippen LogP contribution in [0.15, 0.2) is 150 Å². The third kappa shape index (κ3) is 8.27. The van der Waals surface area contributed by atoms with Crippen LogP contribution >= 0.6 is 15.9 Å². The van der Waals surface area contributed by atoms with Crippen molar-refractivity contribution in [2.75, 3.05) is 0 Å². The molecule has 5 heterocycles. The minimum atomic E-state index is -0.476. The molecule has 0 radical (unpaired) electrons. The van der Waals surface area contributed by atoms with Gasteiger partial charge in [-0.15, -0.1) is 0 Å². The summed E-state index contributed by atoms with van der Waals surface area (Å²) in [7, 11) is -1.31. The molecule has 12 heteroatoms. The lowest BCUT2D eigenvalue weighted by Crippen LogP contribution is -2.41. The first kappa shape index (κ1) is 46.5. The predicted octanol–water partition coefficient (Wildman–Crippen LogP) is 12.9. The van der Waals surface area contributed by atoms with E-state index >= 15 is 0 Å². The van der Waals surface area contributed by atoms with E-state index in [9.17, 15) is 0 Å². The molecule has 0 aliphatic carbocycles. The summed E-state index contributed by atoms with van der Waals surface area (Å²) >= 11 is 3.57. The third-order valence-electron chi connectivity index (χ3n) is 14.7. The average molecular weight is 945 g/mol. The molecule has 338 valence electrons. The summed E-state index contributed by atoms with van der Waals surface area (Å²) in [5, 5.41) is 5.01. The smallest absolute Gasteiger partial charge is 0.405 e. The average Bonchev–Trinajstić information content (AvgIpc) is 3.98. The number of hydrogen-bond acceptors (Lipinski definition) is 6. The second-order valence-electron chi connectivity index (χ2n) is 20.7. The third-order valence-corrected chi connectivity index (χ3v) is 15.1. The molecule has 0 atom stereocenters. The molecule has 66 heavy (non-hydrogen) atoms. The highest BCUT2D eigenvalue weighted by Gasteiger charge is 2.63. The summed E-state index contributed by atoms with van der Waals surface area (Å²) in [4.78, 5) is 0. The lowest BCUT2D eigenvalue weighted by Gasteiger charge is -2.32. The van der Waals surface area contributed by atoms with Gasteiger partial charge in [0.05, 0.1) is 55.7 Å². The van der Waals surface area contributed by atoms with Crippen molar-refractivity contribution in [3.05, 3.63) is 150 Å². The minimum Gasteiger partial charge on any atom is -0.405 e. The van der Waals surface area contributed by atoms with E-state index in [-0.39, 0.29) is 40.7 Å². The van der Waals surface area contributed by atoms with Gasteiger partial charge in [0, 0.05) is 37.4 Å². The van der Waals surface area contributed by atoms with E-state index in [0.717, 1.165) is 15.6 Å². The standard InChI is InChI=1S/C24H24BNO2.C18H12BrN.C12H24B2O4/c1-23(2)24(3,4)28-25(27-23)17-14-15-22-20(16-17)19-12-8-9-13-21(19)26(22)18-10-6-5-7-11-18;19-13-10-11-18-16(12-13)15-8-4-5-9-17(15)20(18)14-6-2-1-3-7-14;1-9(2)10(3,4)16-13(15-9)14-17-11(5,6)12(7,8)18-14/h5-16H,1-4H3;1-12H;1-8H3. The Balaban J connectivity index is 0.000000129. The first-order chi connectivity index (χ1) is 31.1. The van der Waals surface area contributed by atoms with Crippen LogP contribution in [0.2, 0.25) is 0 Å². The van der Waals surface area contributed by atoms with Crippen molar-refractivity contribution in [3.8, 4) is 11.4 Å². The molecule has 3 aliphatic rings. The Morgan fingerprint density at radius 1 is 0.348 bits per heavy atom. The SMILES string of the molecule is Brc1ccc2c(c1)c1ccccc1n2-c1ccccc1.CC1(C)OB(B2OC(C)(C)C(C)(C)O2)OC1(C)C.CC1(C)OB(c2ccc3c(c2)c2ccccc2n3-c2ccccc2)OC1(C)C. The molecular weight excluding hydrogens is 885 g/mol. The number of fused-ring (bicyclic) bond motifs is 6. The van der Waals surface area contributed by atoms with Crippen molar-refractivity contribution in [3.63, 3.8) is 0 Å². The summed E-state index contributed by atoms with van der Waals surface area (Å²) in [6.45, 7) is 24.6. The molecule has 8 nitrogen and oxygen atoms in total. The van der Waals surface area contributed by atoms with Crippen molar-refractivity contribution in [1.82, 2.24) is 9.13 Å². The first-order valence-electron chi connectivity index (χ1n) is 23.0. The Morgan fingerprint density at radius 2 is 0.682 bits per heavy atom. The summed E-state index contributed by atoms with van der Waals surface area (Å²) in [6.07, 6.45) is 0. The second-order valence-corrected chi connectivity index (χ2v) is 21.6. The van der Waals surface area contributed by atoms with Crippen molar-refractivity contribution >= 4 is 86.1 Å². The molecule has 0 bridgehead atoms. The Morgan fingerprint density at radius 3 is 1.11 bits per heavy atom. The largest absolute Gasteiger partial charge is 0.494 e. The zero-order chi connectivity index (χ0) is 47.0. The zero-order valence-corrected chi connectivity index (χ0v) is 41.9. The molecule has 0 spiro atoms. The Kier molecular flexibility index (Phi) is 11.9. The van der Waals surface area contributed by atoms with E-state index in [1.54, 1.807) is 0 Å². The highest BCUT2D eigenvalue weighted by Crippen LogP contribution is 2.43. The van der Waals surface area contributed by atoms with Gasteiger partial charge in [0.15, 0.2) is 0 Å². The van der Waals surface area contributed by atoms with E-state index in [0.29, 0.717) is 0 Å². The van der Waals surface area contributed by atoms with Crippen molar-refractivity contribution in [2.24, 2.45) is 0 Å². The molecule has 0 N–H and O–H groups in total. The van der Waals surface area contributed by atoms with Gasteiger partial charge in [0.1, 0.15) is 0 Å². The molecule has 3 aliphatic heterocycles. The van der Waals surface area contributed by atoms with Gasteiger partial charge < -0.3 is 37.1 Å². The molecule has 2 aromatic heterocycles. The summed E-state index contributed by atoms with van der Waals surface area (Å²) in [5.41, 5.74) is 6.16. The molecule has 0 saturated carbocycles. The second kappa shape index (κ2) is 16.8. The van der Waals surface area contributed by atoms with Crippen LogP contribution in [0.3, 0.4) is 0 Å². The number of benzene rings is 6. The summed E-state index contributed by atoms with van der Waals surface area (Å²) < 4.78 is 42.1. The fourth-order valence-electron chi connectivity index (χ4n) is 8.77. The van der Waals surface area contributed by atoms with Crippen LogP contribution in [0.1, 0.15) is 83.1 Å². The normalized spacial score (nSPS) is 19.9. The van der Waals surface area contributed by atoms with Crippen molar-refractivity contribution < 1.29 is 27.9 Å². The molecule has 3 fully saturated rings. The van der Waals surface area contributed by atoms with Gasteiger partial charge in [0.2, 0.25) is 0 Å². The quantitative estimate of drug-likeness (QED) is 0.164. The van der Waals surface area contributed by atoms with Gasteiger partial charge in [-0.1, -0.05) is 101 Å². The van der Waals surface area contributed by atoms with Gasteiger partial charge in [-0.25, -0.2) is 0 Å². The van der Waals surface area contributed by atoms with Crippen LogP contribution in [-0.4, -0.2) is 63.9 Å². The molecule has 3 saturated heterocycles. The lowest BCUT2D eigenvalue weighted by atomic mass is 9.49. The number of nitrogens with zero attached hydrogens (tertiary/aromatic N) is 2. The van der Waals surface area contributed by atoms with Crippen LogP contribution in [-0.2, 0) is 27.9 Å². The summed E-state index contributed by atoms with van der Waals surface area (Å²) in [5.74, 6) is 0. The van der Waals surface area contributed by atoms with E-state index < -0.39 is 14.0 Å². The number of hydrogen-bond donors (Lipinski definition) is 0. The maximum Gasteiger partial charge on any atom is 0.494 e. The highest BCUT2D eigenvalue weighted by atomic mass is 79.9. The van der Waals surface area contributed by atoms with Crippen LogP contribution in [0.25, 0.3) is 55.0 Å². The number of rotatable bonds is 4. The fourth-order valence-corrected chi connectivity index (χ4v) is 9.13. The maximum atomic E-state index is 6.27. The van der Waals surface area contributed by atoms with Crippen LogP contribution in [0.4, 0.5) is 0 Å². The summed E-state index contributed by atoms with van der Waals surface area (Å²) in [6, 6.07) is 51.1. The lowest BCUT2D eigenvalue weighted by molar-refractivity contribution is 0.00578. The molecule has 0 amide bonds. The van der Waals surface area contributed by atoms with Gasteiger partial charge in [-0.3, -0.25) is 0 Å². The fraction of sp³-hybridized carbons (Fsp3) is 0.333. The Bertz CT molecular complexity index is 2970. The maximum absolute atomic E-state index is 6.27. The number of halogens is 1. The zero-order valence-electron chi connectivity index (χ0n) is 40.3. The minimum absolute atomic E-state index is 0.343. The molecule has 0 unspecified atom stereocenters. The van der Waals surface area contributed by atoms with E-state index in [2.05, 4.69) is 186 Å². The Labute approximate surface area is 399 Å². The van der Waals surface area contributed by atoms with Gasteiger partial charge in [-0.2, -0.15) is 0 Å². The predicted molar refractivity (Wildman–Crippen MR) is 277 cm³/mol. The van der Waals surface area contributed by atoms with E-state index in [1.807, 2.05) is 67.5 Å². The van der Waals surface area contributed by atoms with Gasteiger partial charge >= 0.3 is 21.1 Å². The van der Waals surface area contributed by atoms with Crippen LogP contribution < -0.4 is 5.46 Å². The molecule has 11 rings (SSSR count). The van der Waals surface area contributed by atoms with Crippen molar-refractivity contribution in [2.45, 2.75) is 117 Å². The van der Waals surface area contributed by atoms with E-state index in [1.165, 1.54) is 49.3 Å². The van der Waals surface area contributed by atoms with Gasteiger partial charge in [0.25, 0.3) is 0 Å². The molecule has 6 aromatic carbocycles. The van der Waals surface area contributed by atoms with Crippen LogP contribution in [0.5, 0.6) is 0 Å². The molecule has 8 aromatic rings. The van der Waals surface area contributed by atoms with Crippen molar-refractivity contribution in [1.29, 1.82) is 0 Å². The first-order valence-corrected chi connectivity index (χ1v) is 23.8. The topological polar surface area (TPSA) is 65.2 Å². The Hall–Kier alpha value is -4.65. The van der Waals surface area contributed by atoms with Crippen LogP contribution in [0, 0.1) is 0 Å². The monoisotopic (exact) mass is 944 g/mol. The van der Waals surface area contributed by atoms with Gasteiger partial charge in [-0.05, 0) is 149 Å². The number of para-hydroxylation sites is 4. The van der Waals surface area contributed by atoms with E-state index in [4.69, 9.17) is 27.9 Å². The molecular formula is C54H60B3BrN2O6. The number of aromatic nitrogens is 2. The highest BCUT2D eigenvalue weighted by molar-refractivity contribution is 9.10.